The Morgan fingerprint density at radius 3 is 2.71 bits per heavy atom. The van der Waals surface area contributed by atoms with Crippen molar-refractivity contribution in [3.05, 3.63) is 70.9 Å². The highest BCUT2D eigenvalue weighted by atomic mass is 35.5. The molecule has 2 aromatic carbocycles. The first-order valence-electron chi connectivity index (χ1n) is 9.34. The number of rotatable bonds is 8. The first-order valence-corrected chi connectivity index (χ1v) is 9.72. The minimum Gasteiger partial charge on any atom is -0.361 e. The summed E-state index contributed by atoms with van der Waals surface area (Å²) in [6.07, 6.45) is 3.37. The van der Waals surface area contributed by atoms with Crippen LogP contribution in [-0.4, -0.2) is 41.3 Å². The Kier molecular flexibility index (Phi) is 6.71. The normalized spacial score (nSPS) is 10.8. The lowest BCUT2D eigenvalue weighted by Crippen LogP contribution is -2.41. The zero-order valence-corrected chi connectivity index (χ0v) is 16.6. The molecule has 0 aliphatic rings. The second-order valence-corrected chi connectivity index (χ2v) is 7.22. The number of nitrogens with zero attached hydrogens (tertiary/aromatic N) is 1. The molecule has 0 saturated carbocycles. The Labute approximate surface area is 169 Å². The van der Waals surface area contributed by atoms with Gasteiger partial charge in [0.05, 0.1) is 6.54 Å². The van der Waals surface area contributed by atoms with E-state index < -0.39 is 0 Å². The van der Waals surface area contributed by atoms with Crippen LogP contribution < -0.4 is 5.32 Å². The van der Waals surface area contributed by atoms with Gasteiger partial charge in [0.1, 0.15) is 0 Å². The van der Waals surface area contributed by atoms with Crippen LogP contribution in [0, 0.1) is 0 Å². The molecule has 0 spiro atoms. The van der Waals surface area contributed by atoms with Crippen molar-refractivity contribution in [1.29, 1.82) is 0 Å². The summed E-state index contributed by atoms with van der Waals surface area (Å²) < 4.78 is 0. The second kappa shape index (κ2) is 9.42. The van der Waals surface area contributed by atoms with Crippen molar-refractivity contribution in [2.24, 2.45) is 0 Å². The van der Waals surface area contributed by atoms with Crippen molar-refractivity contribution >= 4 is 34.3 Å². The highest BCUT2D eigenvalue weighted by molar-refractivity contribution is 6.30. The molecule has 0 unspecified atom stereocenters. The van der Waals surface area contributed by atoms with E-state index in [-0.39, 0.29) is 18.4 Å². The Bertz CT molecular complexity index is 967. The van der Waals surface area contributed by atoms with Crippen LogP contribution in [0.2, 0.25) is 5.02 Å². The van der Waals surface area contributed by atoms with Gasteiger partial charge in [-0.2, -0.15) is 0 Å². The number of hydrogen-bond acceptors (Lipinski definition) is 2. The Balaban J connectivity index is 1.48. The maximum Gasteiger partial charge on any atom is 0.239 e. The number of aromatic amines is 1. The Morgan fingerprint density at radius 2 is 1.93 bits per heavy atom. The minimum atomic E-state index is -0.152. The van der Waals surface area contributed by atoms with Crippen LogP contribution in [0.25, 0.3) is 10.9 Å². The molecule has 5 nitrogen and oxygen atoms in total. The van der Waals surface area contributed by atoms with E-state index in [1.807, 2.05) is 48.7 Å². The number of carbonyl (C=O) groups is 2. The largest absolute Gasteiger partial charge is 0.361 e. The van der Waals surface area contributed by atoms with Crippen LogP contribution in [0.15, 0.2) is 54.7 Å². The molecule has 2 amide bonds. The molecule has 0 atom stereocenters. The maximum atomic E-state index is 12.3. The lowest BCUT2D eigenvalue weighted by molar-refractivity contribution is -0.134. The van der Waals surface area contributed by atoms with Gasteiger partial charge in [0.25, 0.3) is 0 Å². The first-order chi connectivity index (χ1) is 13.5. The van der Waals surface area contributed by atoms with Crippen LogP contribution in [0.1, 0.15) is 18.1 Å². The second-order valence-electron chi connectivity index (χ2n) is 6.78. The summed E-state index contributed by atoms with van der Waals surface area (Å²) in [6, 6.07) is 15.6. The summed E-state index contributed by atoms with van der Waals surface area (Å²) in [5, 5.41) is 4.75. The zero-order valence-electron chi connectivity index (χ0n) is 15.9. The van der Waals surface area contributed by atoms with E-state index in [2.05, 4.69) is 16.4 Å². The molecule has 1 heterocycles. The molecular weight excluding hydrogens is 374 g/mol. The monoisotopic (exact) mass is 397 g/mol. The summed E-state index contributed by atoms with van der Waals surface area (Å²) in [4.78, 5) is 29.0. The third-order valence-electron chi connectivity index (χ3n) is 4.73. The molecule has 6 heteroatoms. The Hall–Kier alpha value is -2.79. The lowest BCUT2D eigenvalue weighted by atomic mass is 10.1. The summed E-state index contributed by atoms with van der Waals surface area (Å²) >= 11 is 6.00. The Morgan fingerprint density at radius 1 is 1.11 bits per heavy atom. The van der Waals surface area contributed by atoms with E-state index >= 15 is 0 Å². The van der Waals surface area contributed by atoms with Crippen LogP contribution in [0.3, 0.4) is 0 Å². The molecule has 0 fully saturated rings. The molecule has 0 aliphatic carbocycles. The fraction of sp³-hybridized carbons (Fsp3) is 0.273. The molecule has 0 radical (unpaired) electrons. The van der Waals surface area contributed by atoms with Crippen molar-refractivity contribution in [3.8, 4) is 0 Å². The van der Waals surface area contributed by atoms with Crippen molar-refractivity contribution in [2.45, 2.75) is 19.8 Å². The van der Waals surface area contributed by atoms with Crippen molar-refractivity contribution in [2.75, 3.05) is 19.6 Å². The number of amides is 2. The molecule has 1 aromatic heterocycles. The topological polar surface area (TPSA) is 65.2 Å². The van der Waals surface area contributed by atoms with E-state index in [1.54, 1.807) is 4.90 Å². The maximum absolute atomic E-state index is 12.3. The lowest BCUT2D eigenvalue weighted by Gasteiger charge is -2.20. The van der Waals surface area contributed by atoms with Gasteiger partial charge in [-0.3, -0.25) is 9.59 Å². The highest BCUT2D eigenvalue weighted by Crippen LogP contribution is 2.17. The van der Waals surface area contributed by atoms with E-state index in [4.69, 9.17) is 11.6 Å². The van der Waals surface area contributed by atoms with Gasteiger partial charge < -0.3 is 15.2 Å². The summed E-state index contributed by atoms with van der Waals surface area (Å²) in [5.74, 6) is -0.269. The SMILES string of the molecule is CC(=O)N(CCc1cccc(Cl)c1)CC(=O)NCCc1c[nH]c2ccccc12. The van der Waals surface area contributed by atoms with E-state index in [1.165, 1.54) is 17.9 Å². The van der Waals surface area contributed by atoms with E-state index in [0.29, 0.717) is 24.5 Å². The predicted octanol–water partition coefficient (Wildman–Crippen LogP) is 3.57. The van der Waals surface area contributed by atoms with Gasteiger partial charge in [-0.1, -0.05) is 41.9 Å². The van der Waals surface area contributed by atoms with Crippen molar-refractivity contribution < 1.29 is 9.59 Å². The first kappa shape index (κ1) is 20.0. The fourth-order valence-electron chi connectivity index (χ4n) is 3.21. The van der Waals surface area contributed by atoms with Crippen molar-refractivity contribution in [3.63, 3.8) is 0 Å². The van der Waals surface area contributed by atoms with Gasteiger partial charge in [0, 0.05) is 42.1 Å². The number of carbonyl (C=O) groups excluding carboxylic acids is 2. The molecule has 28 heavy (non-hydrogen) atoms. The third-order valence-corrected chi connectivity index (χ3v) is 4.97. The molecule has 0 bridgehead atoms. The minimum absolute atomic E-state index is 0.0593. The number of H-pyrrole nitrogens is 1. The highest BCUT2D eigenvalue weighted by Gasteiger charge is 2.13. The fourth-order valence-corrected chi connectivity index (χ4v) is 3.42. The summed E-state index contributed by atoms with van der Waals surface area (Å²) in [5.41, 5.74) is 3.30. The molecule has 3 rings (SSSR count). The van der Waals surface area contributed by atoms with Gasteiger partial charge in [0.2, 0.25) is 11.8 Å². The van der Waals surface area contributed by atoms with Gasteiger partial charge in [-0.25, -0.2) is 0 Å². The number of nitrogens with one attached hydrogen (secondary N) is 2. The number of benzene rings is 2. The van der Waals surface area contributed by atoms with Crippen LogP contribution >= 0.6 is 11.6 Å². The molecule has 146 valence electrons. The molecular formula is C22H24ClN3O2. The quantitative estimate of drug-likeness (QED) is 0.610. The van der Waals surface area contributed by atoms with Crippen LogP contribution in [0.4, 0.5) is 0 Å². The number of halogens is 1. The summed E-state index contributed by atoms with van der Waals surface area (Å²) in [6.45, 7) is 2.55. The average Bonchev–Trinajstić information content (AvgIpc) is 3.08. The predicted molar refractivity (Wildman–Crippen MR) is 112 cm³/mol. The number of fused-ring (bicyclic) bond motifs is 1. The van der Waals surface area contributed by atoms with E-state index in [9.17, 15) is 9.59 Å². The zero-order chi connectivity index (χ0) is 19.9. The van der Waals surface area contributed by atoms with Crippen LogP contribution in [-0.2, 0) is 22.4 Å². The van der Waals surface area contributed by atoms with Crippen LogP contribution in [0.5, 0.6) is 0 Å². The van der Waals surface area contributed by atoms with Gasteiger partial charge in [-0.05, 0) is 42.2 Å². The average molecular weight is 398 g/mol. The third kappa shape index (κ3) is 5.36. The van der Waals surface area contributed by atoms with Gasteiger partial charge in [0.15, 0.2) is 0 Å². The molecule has 3 aromatic rings. The van der Waals surface area contributed by atoms with E-state index in [0.717, 1.165) is 17.5 Å². The molecule has 2 N–H and O–H groups in total. The smallest absolute Gasteiger partial charge is 0.239 e. The molecule has 0 aliphatic heterocycles. The van der Waals surface area contributed by atoms with Gasteiger partial charge in [-0.15, -0.1) is 0 Å². The summed E-state index contributed by atoms with van der Waals surface area (Å²) in [7, 11) is 0. The number of hydrogen-bond donors (Lipinski definition) is 2. The van der Waals surface area contributed by atoms with Gasteiger partial charge >= 0.3 is 0 Å². The van der Waals surface area contributed by atoms with Crippen molar-refractivity contribution in [1.82, 2.24) is 15.2 Å². The standard InChI is InChI=1S/C22H24ClN3O2/c1-16(27)26(12-10-17-5-4-6-19(23)13-17)15-22(28)24-11-9-18-14-25-21-8-3-2-7-20(18)21/h2-8,13-14,25H,9-12,15H2,1H3,(H,24,28). The molecule has 0 saturated heterocycles. The number of para-hydroxylation sites is 1. The number of aromatic nitrogens is 1.